The summed E-state index contributed by atoms with van der Waals surface area (Å²) in [6.45, 7) is 14.7. The van der Waals surface area contributed by atoms with Crippen LogP contribution in [0.4, 0.5) is 28.9 Å². The zero-order valence-corrected chi connectivity index (χ0v) is 45.0. The number of hydrogen-bond donors (Lipinski definition) is 5. The van der Waals surface area contributed by atoms with Crippen LogP contribution >= 0.6 is 11.3 Å². The fourth-order valence-corrected chi connectivity index (χ4v) is 10.1. The van der Waals surface area contributed by atoms with Crippen molar-refractivity contribution in [2.24, 2.45) is 11.3 Å². The molecule has 0 bridgehead atoms. The van der Waals surface area contributed by atoms with Gasteiger partial charge in [-0.25, -0.2) is 9.37 Å². The highest BCUT2D eigenvalue weighted by atomic mass is 32.1. The van der Waals surface area contributed by atoms with Crippen molar-refractivity contribution >= 4 is 58.2 Å². The number of aromatic nitrogens is 2. The lowest BCUT2D eigenvalue weighted by Gasteiger charge is -2.44. The highest BCUT2D eigenvalue weighted by Crippen LogP contribution is 2.37. The molecule has 0 saturated carbocycles. The zero-order chi connectivity index (χ0) is 56.3. The van der Waals surface area contributed by atoms with Gasteiger partial charge in [-0.05, 0) is 80.3 Å². The molecule has 2 saturated heterocycles. The predicted octanol–water partition coefficient (Wildman–Crippen LogP) is 7.16. The van der Waals surface area contributed by atoms with Crippen LogP contribution in [-0.2, 0) is 36.6 Å². The maximum atomic E-state index is 15.8. The SMILES string of the molecule is Cc1ncsc1-c1ccc(CNC(=O)[C@@H]2C[C@@H](OC(=O)C(C)C)CN2C(=O)[C@@H](NC(=O)CNC(=O)c2ccc(F)c(-c3ccc(N4C[C@@H](C)N(C)[C@@H](C)C4)c(NC(=O)c4c[nH]c(=O)cc4C(F)(F)F)c3)c2)C(C)(C)C)cc1. The number of carbonyl (C=O) groups is 6. The molecule has 5 amide bonds. The number of likely N-dealkylation sites (N-methyl/N-ethyl adjacent to an activating group) is 1. The van der Waals surface area contributed by atoms with Crippen LogP contribution in [0, 0.1) is 24.1 Å². The topological polar surface area (TPSA) is 215 Å². The molecular weight excluding hydrogens is 1020 g/mol. The first-order valence-corrected chi connectivity index (χ1v) is 26.0. The van der Waals surface area contributed by atoms with E-state index < -0.39 is 100 Å². The average molecular weight is 1090 g/mol. The van der Waals surface area contributed by atoms with Crippen LogP contribution in [0.3, 0.4) is 0 Å². The molecular formula is C55H63F4N9O8S. The zero-order valence-electron chi connectivity index (χ0n) is 44.2. The van der Waals surface area contributed by atoms with E-state index >= 15 is 4.39 Å². The van der Waals surface area contributed by atoms with Crippen molar-refractivity contribution in [3.05, 3.63) is 123 Å². The lowest BCUT2D eigenvalue weighted by molar-refractivity contribution is -0.153. The minimum Gasteiger partial charge on any atom is -0.460 e. The van der Waals surface area contributed by atoms with E-state index in [4.69, 9.17) is 4.74 Å². The molecule has 2 aliphatic heterocycles. The van der Waals surface area contributed by atoms with Gasteiger partial charge in [0.05, 0.1) is 57.6 Å². The smallest absolute Gasteiger partial charge is 0.417 e. The standard InChI is InChI=1S/C55H63F4N9O8S/c1-29(2)53(75)76-37-20-44(51(73)61-22-33-10-12-34(13-11-33)47-32(5)63-28-77-47)68(27-37)52(74)48(54(6,7)8)65-46(70)24-62-49(71)36-14-16-41(56)38(18-36)35-15-17-43(67-25-30(3)66(9)31(4)26-67)42(19-35)64-50(72)39-23-60-45(69)21-40(39)55(57,58)59/h10-19,21,23,28-31,37,44,48H,20,22,24-27H2,1-9H3,(H,60,69)(H,61,73)(H,62,71)(H,64,72)(H,65,70)/t30-,31+,37-,44+,48-/m1/s1. The molecule has 5 aromatic rings. The van der Waals surface area contributed by atoms with Crippen molar-refractivity contribution < 1.29 is 51.1 Å². The Morgan fingerprint density at radius 3 is 2.18 bits per heavy atom. The number of hydrogen-bond acceptors (Lipinski definition) is 12. The summed E-state index contributed by atoms with van der Waals surface area (Å²) in [5.41, 5.74) is 0.546. The number of ether oxygens (including phenoxy) is 1. The van der Waals surface area contributed by atoms with Gasteiger partial charge in [0, 0.05) is 61.5 Å². The third-order valence-electron chi connectivity index (χ3n) is 13.8. The number of alkyl halides is 3. The molecule has 0 unspecified atom stereocenters. The molecule has 410 valence electrons. The number of halogens is 4. The van der Waals surface area contributed by atoms with E-state index in [1.807, 2.05) is 57.0 Å². The second kappa shape index (κ2) is 23.4. The monoisotopic (exact) mass is 1090 g/mol. The average Bonchev–Trinajstić information content (AvgIpc) is 4.01. The van der Waals surface area contributed by atoms with Gasteiger partial charge in [0.15, 0.2) is 0 Å². The van der Waals surface area contributed by atoms with Gasteiger partial charge in [-0.15, -0.1) is 11.3 Å². The summed E-state index contributed by atoms with van der Waals surface area (Å²) in [4.78, 5) is 107. The fourth-order valence-electron chi connectivity index (χ4n) is 9.28. The first-order valence-electron chi connectivity index (χ1n) is 25.1. The van der Waals surface area contributed by atoms with E-state index in [-0.39, 0.29) is 54.0 Å². The Morgan fingerprint density at radius 1 is 0.883 bits per heavy atom. The van der Waals surface area contributed by atoms with Gasteiger partial charge in [-0.3, -0.25) is 38.5 Å². The lowest BCUT2D eigenvalue weighted by atomic mass is 9.85. The van der Waals surface area contributed by atoms with E-state index in [0.717, 1.165) is 27.8 Å². The van der Waals surface area contributed by atoms with E-state index in [2.05, 4.69) is 36.1 Å². The number of pyridine rings is 1. The molecule has 17 nitrogen and oxygen atoms in total. The van der Waals surface area contributed by atoms with Crippen LogP contribution in [0.25, 0.3) is 21.6 Å². The number of amides is 5. The quantitative estimate of drug-likeness (QED) is 0.0524. The molecule has 2 fully saturated rings. The summed E-state index contributed by atoms with van der Waals surface area (Å²) in [5, 5.41) is 10.7. The minimum absolute atomic E-state index is 0.00855. The Morgan fingerprint density at radius 2 is 1.56 bits per heavy atom. The Kier molecular flexibility index (Phi) is 17.4. The van der Waals surface area contributed by atoms with E-state index in [9.17, 15) is 46.7 Å². The van der Waals surface area contributed by atoms with Gasteiger partial charge in [-0.1, -0.05) is 65.0 Å². The number of aryl methyl sites for hydroxylation is 1. The highest BCUT2D eigenvalue weighted by molar-refractivity contribution is 7.13. The number of rotatable bonds is 15. The molecule has 2 aromatic heterocycles. The molecule has 3 aromatic carbocycles. The van der Waals surface area contributed by atoms with Crippen molar-refractivity contribution in [1.82, 2.24) is 35.7 Å². The van der Waals surface area contributed by atoms with Crippen LogP contribution in [0.15, 0.2) is 83.2 Å². The van der Waals surface area contributed by atoms with Gasteiger partial charge in [0.1, 0.15) is 24.0 Å². The summed E-state index contributed by atoms with van der Waals surface area (Å²) < 4.78 is 63.7. The second-order valence-corrected chi connectivity index (χ2v) is 21.8. The van der Waals surface area contributed by atoms with Crippen molar-refractivity contribution in [2.75, 3.05) is 43.4 Å². The van der Waals surface area contributed by atoms with E-state index in [0.29, 0.717) is 31.0 Å². The van der Waals surface area contributed by atoms with E-state index in [1.54, 1.807) is 52.3 Å². The molecule has 7 rings (SSSR count). The number of anilines is 2. The van der Waals surface area contributed by atoms with Crippen molar-refractivity contribution in [3.8, 4) is 21.6 Å². The molecule has 77 heavy (non-hydrogen) atoms. The second-order valence-electron chi connectivity index (χ2n) is 21.0. The third-order valence-corrected chi connectivity index (χ3v) is 14.8. The first-order chi connectivity index (χ1) is 36.2. The van der Waals surface area contributed by atoms with Crippen molar-refractivity contribution in [1.29, 1.82) is 0 Å². The van der Waals surface area contributed by atoms with Gasteiger partial charge in [0.25, 0.3) is 11.8 Å². The third kappa shape index (κ3) is 13.6. The molecule has 22 heteroatoms. The van der Waals surface area contributed by atoms with Crippen LogP contribution in [0.5, 0.6) is 0 Å². The number of piperazine rings is 1. The molecule has 2 aliphatic rings. The van der Waals surface area contributed by atoms with Gasteiger partial charge in [-0.2, -0.15) is 13.2 Å². The lowest BCUT2D eigenvalue weighted by Crippen LogP contribution is -2.58. The Labute approximate surface area is 447 Å². The van der Waals surface area contributed by atoms with Gasteiger partial charge >= 0.3 is 12.1 Å². The Hall–Kier alpha value is -7.46. The number of esters is 1. The van der Waals surface area contributed by atoms with Crippen LogP contribution < -0.4 is 31.7 Å². The van der Waals surface area contributed by atoms with Crippen LogP contribution in [0.2, 0.25) is 0 Å². The summed E-state index contributed by atoms with van der Waals surface area (Å²) >= 11 is 1.52. The Balaban J connectivity index is 1.07. The highest BCUT2D eigenvalue weighted by Gasteiger charge is 2.46. The number of likely N-dealkylation sites (tertiary alicyclic amines) is 1. The maximum absolute atomic E-state index is 15.8. The van der Waals surface area contributed by atoms with Gasteiger partial charge < -0.3 is 40.8 Å². The summed E-state index contributed by atoms with van der Waals surface area (Å²) in [5.74, 6) is -5.64. The van der Waals surface area contributed by atoms with Crippen molar-refractivity contribution in [3.63, 3.8) is 0 Å². The number of nitrogens with one attached hydrogen (secondary N) is 5. The summed E-state index contributed by atoms with van der Waals surface area (Å²) in [6, 6.07) is 13.6. The molecule has 5 N–H and O–H groups in total. The Bertz CT molecular complexity index is 3090. The minimum atomic E-state index is -5.05. The number of aromatic amines is 1. The molecule has 0 aliphatic carbocycles. The largest absolute Gasteiger partial charge is 0.460 e. The first kappa shape index (κ1) is 57.2. The number of nitrogens with zero attached hydrogens (tertiary/aromatic N) is 4. The van der Waals surface area contributed by atoms with E-state index in [1.165, 1.54) is 34.4 Å². The number of benzene rings is 3. The van der Waals surface area contributed by atoms with Crippen molar-refractivity contribution in [2.45, 2.75) is 105 Å². The number of carbonyl (C=O) groups excluding carboxylic acids is 6. The maximum Gasteiger partial charge on any atom is 0.417 e. The predicted molar refractivity (Wildman–Crippen MR) is 283 cm³/mol. The summed E-state index contributed by atoms with van der Waals surface area (Å²) in [7, 11) is 1.96. The van der Waals surface area contributed by atoms with Crippen LogP contribution in [-0.4, -0.2) is 119 Å². The van der Waals surface area contributed by atoms with Gasteiger partial charge in [0.2, 0.25) is 23.3 Å². The number of H-pyrrole nitrogens is 1. The number of thiazole rings is 1. The molecule has 4 heterocycles. The fraction of sp³-hybridized carbons (Fsp3) is 0.418. The molecule has 0 spiro atoms. The summed E-state index contributed by atoms with van der Waals surface area (Å²) in [6.07, 6.45) is -5.18. The molecule has 5 atom stereocenters. The molecule has 0 radical (unpaired) electrons. The van der Waals surface area contributed by atoms with Crippen LogP contribution in [0.1, 0.15) is 92.4 Å². The normalized spacial score (nSPS) is 18.4.